The fourth-order valence-electron chi connectivity index (χ4n) is 4.46. The molecule has 0 heterocycles. The van der Waals surface area contributed by atoms with Gasteiger partial charge < -0.3 is 38.3 Å². The van der Waals surface area contributed by atoms with Crippen LogP contribution in [-0.4, -0.2) is 52.1 Å². The Morgan fingerprint density at radius 3 is 1.45 bits per heavy atom. The summed E-state index contributed by atoms with van der Waals surface area (Å²) in [7, 11) is 5.83. The third-order valence-electron chi connectivity index (χ3n) is 6.69. The summed E-state index contributed by atoms with van der Waals surface area (Å²) in [5.41, 5.74) is 2.53. The van der Waals surface area contributed by atoms with Gasteiger partial charge in [-0.2, -0.15) is 0 Å². The molecule has 0 spiro atoms. The lowest BCUT2D eigenvalue weighted by molar-refractivity contribution is 0.0720. The van der Waals surface area contributed by atoms with Gasteiger partial charge >= 0.3 is 11.9 Å². The third-order valence-corrected chi connectivity index (χ3v) is 6.69. The Kier molecular flexibility index (Phi) is 10.3. The highest BCUT2D eigenvalue weighted by atomic mass is 16.5. The first-order chi connectivity index (χ1) is 21.2. The molecule has 4 aromatic carbocycles. The van der Waals surface area contributed by atoms with Gasteiger partial charge in [-0.3, -0.25) is 0 Å². The topological polar surface area (TPSA) is 119 Å². The Morgan fingerprint density at radius 1 is 0.614 bits per heavy atom. The maximum Gasteiger partial charge on any atom is 0.347 e. The van der Waals surface area contributed by atoms with E-state index in [1.807, 2.05) is 6.92 Å². The lowest BCUT2D eigenvalue weighted by atomic mass is 10.0. The third kappa shape index (κ3) is 7.04. The number of aliphatic hydroxyl groups is 1. The average molecular weight is 603 g/mol. The van der Waals surface area contributed by atoms with Crippen molar-refractivity contribution in [3.8, 4) is 51.4 Å². The number of esters is 2. The Hall–Kier alpha value is -5.22. The van der Waals surface area contributed by atoms with Crippen LogP contribution < -0.4 is 33.2 Å². The molecule has 4 rings (SSSR count). The van der Waals surface area contributed by atoms with E-state index in [0.717, 1.165) is 11.1 Å². The van der Waals surface area contributed by atoms with Crippen molar-refractivity contribution in [3.63, 3.8) is 0 Å². The van der Waals surface area contributed by atoms with Gasteiger partial charge in [-0.25, -0.2) is 9.59 Å². The zero-order valence-corrected chi connectivity index (χ0v) is 25.3. The zero-order chi connectivity index (χ0) is 31.8. The van der Waals surface area contributed by atoms with Crippen molar-refractivity contribution in [3.05, 3.63) is 89.5 Å². The molecule has 0 aliphatic carbocycles. The Bertz CT molecular complexity index is 1610. The molecule has 0 aliphatic heterocycles. The second-order valence-electron chi connectivity index (χ2n) is 9.43. The first kappa shape index (κ1) is 31.7. The first-order valence-electron chi connectivity index (χ1n) is 13.7. The van der Waals surface area contributed by atoms with Crippen molar-refractivity contribution in [1.82, 2.24) is 0 Å². The summed E-state index contributed by atoms with van der Waals surface area (Å²) in [4.78, 5) is 25.9. The molecule has 0 radical (unpaired) electrons. The maximum atomic E-state index is 13.0. The van der Waals surface area contributed by atoms with E-state index in [0.29, 0.717) is 46.7 Å². The van der Waals surface area contributed by atoms with E-state index in [-0.39, 0.29) is 16.9 Å². The van der Waals surface area contributed by atoms with E-state index >= 15 is 0 Å². The van der Waals surface area contributed by atoms with Crippen LogP contribution in [0.4, 0.5) is 0 Å². The summed E-state index contributed by atoms with van der Waals surface area (Å²) in [6.07, 6.45) is -0.816. The monoisotopic (exact) mass is 602 g/mol. The lowest BCUT2D eigenvalue weighted by Crippen LogP contribution is -2.11. The quantitative estimate of drug-likeness (QED) is 0.147. The van der Waals surface area contributed by atoms with Crippen LogP contribution in [0.1, 0.15) is 46.2 Å². The van der Waals surface area contributed by atoms with Crippen LogP contribution >= 0.6 is 0 Å². The van der Waals surface area contributed by atoms with E-state index in [1.165, 1.54) is 40.6 Å². The van der Waals surface area contributed by atoms with Gasteiger partial charge in [-0.15, -0.1) is 0 Å². The summed E-state index contributed by atoms with van der Waals surface area (Å²) in [6, 6.07) is 20.0. The molecule has 230 valence electrons. The molecule has 0 bridgehead atoms. The van der Waals surface area contributed by atoms with Crippen molar-refractivity contribution in [1.29, 1.82) is 0 Å². The van der Waals surface area contributed by atoms with Crippen LogP contribution in [0, 0.1) is 0 Å². The van der Waals surface area contributed by atoms with Crippen LogP contribution in [0.25, 0.3) is 11.1 Å². The molecule has 1 atom stereocenters. The molecule has 0 saturated carbocycles. The SMILES string of the molecule is CCOc1cc(OC)c(C(=O)Oc2ccc(-c3ccc(OC(=O)c4cc(OC)c(C(C)O)cc4OC)cc3)cc2)cc1OC. The fourth-order valence-corrected chi connectivity index (χ4v) is 4.46. The number of ether oxygens (including phenoxy) is 7. The normalized spacial score (nSPS) is 11.2. The number of rotatable bonds is 12. The van der Waals surface area contributed by atoms with E-state index in [9.17, 15) is 14.7 Å². The van der Waals surface area contributed by atoms with Crippen LogP contribution in [0.15, 0.2) is 72.8 Å². The lowest BCUT2D eigenvalue weighted by Gasteiger charge is -2.16. The van der Waals surface area contributed by atoms with E-state index in [2.05, 4.69) is 0 Å². The number of hydrogen-bond donors (Lipinski definition) is 1. The van der Waals surface area contributed by atoms with Gasteiger partial charge in [-0.05, 0) is 61.4 Å². The van der Waals surface area contributed by atoms with Gasteiger partial charge in [0.15, 0.2) is 11.5 Å². The molecule has 10 nitrogen and oxygen atoms in total. The summed E-state index contributed by atoms with van der Waals surface area (Å²) in [5.74, 6) is 1.15. The standard InChI is InChI=1S/C34H34O10/c1-7-42-32-19-30(40-5)27(18-31(32)41-6)34(37)44-24-14-10-22(11-15-24)21-8-12-23(13-9-21)43-33(36)26-17-28(38-3)25(20(2)35)16-29(26)39-4/h8-20,35H,7H2,1-6H3. The Balaban J connectivity index is 1.46. The minimum atomic E-state index is -0.816. The number of benzene rings is 4. The molecule has 1 unspecified atom stereocenters. The van der Waals surface area contributed by atoms with E-state index < -0.39 is 18.0 Å². The molecule has 4 aromatic rings. The smallest absolute Gasteiger partial charge is 0.347 e. The van der Waals surface area contributed by atoms with Gasteiger partial charge in [0.2, 0.25) is 0 Å². The van der Waals surface area contributed by atoms with Crippen molar-refractivity contribution >= 4 is 11.9 Å². The average Bonchev–Trinajstić information content (AvgIpc) is 3.04. The molecular formula is C34H34O10. The van der Waals surface area contributed by atoms with Gasteiger partial charge in [0, 0.05) is 17.7 Å². The van der Waals surface area contributed by atoms with Crippen molar-refractivity contribution in [2.75, 3.05) is 35.0 Å². The Labute approximate surface area is 255 Å². The fraction of sp³-hybridized carbons (Fsp3) is 0.235. The van der Waals surface area contributed by atoms with Crippen LogP contribution in [-0.2, 0) is 0 Å². The summed E-state index contributed by atoms with van der Waals surface area (Å²) < 4.78 is 38.1. The number of carbonyl (C=O) groups is 2. The molecule has 10 heteroatoms. The highest BCUT2D eigenvalue weighted by Gasteiger charge is 2.22. The number of carbonyl (C=O) groups excluding carboxylic acids is 2. The molecule has 0 aromatic heterocycles. The first-order valence-corrected chi connectivity index (χ1v) is 13.7. The minimum Gasteiger partial charge on any atom is -0.496 e. The van der Waals surface area contributed by atoms with Crippen molar-refractivity contribution < 1.29 is 47.9 Å². The molecule has 0 aliphatic rings. The molecular weight excluding hydrogens is 568 g/mol. The van der Waals surface area contributed by atoms with Gasteiger partial charge in [-0.1, -0.05) is 24.3 Å². The summed E-state index contributed by atoms with van der Waals surface area (Å²) >= 11 is 0. The van der Waals surface area contributed by atoms with Gasteiger partial charge in [0.05, 0.1) is 41.2 Å². The van der Waals surface area contributed by atoms with Crippen LogP contribution in [0.3, 0.4) is 0 Å². The second-order valence-corrected chi connectivity index (χ2v) is 9.43. The van der Waals surface area contributed by atoms with E-state index in [1.54, 1.807) is 67.6 Å². The number of aliphatic hydroxyl groups excluding tert-OH is 1. The summed E-state index contributed by atoms with van der Waals surface area (Å²) in [5, 5.41) is 10.0. The maximum absolute atomic E-state index is 13.0. The highest BCUT2D eigenvalue weighted by molar-refractivity contribution is 5.95. The summed E-state index contributed by atoms with van der Waals surface area (Å²) in [6.45, 7) is 3.86. The largest absolute Gasteiger partial charge is 0.496 e. The van der Waals surface area contributed by atoms with E-state index in [4.69, 9.17) is 33.2 Å². The minimum absolute atomic E-state index is 0.157. The number of hydrogen-bond acceptors (Lipinski definition) is 10. The van der Waals surface area contributed by atoms with Crippen molar-refractivity contribution in [2.24, 2.45) is 0 Å². The molecule has 1 N–H and O–H groups in total. The zero-order valence-electron chi connectivity index (χ0n) is 25.3. The van der Waals surface area contributed by atoms with Crippen LogP contribution in [0.2, 0.25) is 0 Å². The predicted octanol–water partition coefficient (Wildman–Crippen LogP) is 6.28. The van der Waals surface area contributed by atoms with Gasteiger partial charge in [0.25, 0.3) is 0 Å². The van der Waals surface area contributed by atoms with Gasteiger partial charge in [0.1, 0.15) is 39.9 Å². The molecule has 44 heavy (non-hydrogen) atoms. The van der Waals surface area contributed by atoms with Crippen molar-refractivity contribution in [2.45, 2.75) is 20.0 Å². The molecule has 0 saturated heterocycles. The highest BCUT2D eigenvalue weighted by Crippen LogP contribution is 2.36. The van der Waals surface area contributed by atoms with Crippen LogP contribution in [0.5, 0.6) is 40.2 Å². The second kappa shape index (κ2) is 14.3. The predicted molar refractivity (Wildman–Crippen MR) is 163 cm³/mol. The molecule has 0 amide bonds. The molecule has 0 fully saturated rings. The number of methoxy groups -OCH3 is 4. The Morgan fingerprint density at radius 2 is 1.05 bits per heavy atom.